The molecule has 0 N–H and O–H groups in total. The minimum atomic E-state index is -2.02. The maximum absolute atomic E-state index is 13.2. The van der Waals surface area contributed by atoms with Gasteiger partial charge in [-0.3, -0.25) is 4.57 Å². The molecule has 0 spiro atoms. The Balaban J connectivity index is 2.00. The third-order valence-electron chi connectivity index (χ3n) is 6.85. The van der Waals surface area contributed by atoms with Gasteiger partial charge < -0.3 is 18.6 Å². The van der Waals surface area contributed by atoms with Crippen molar-refractivity contribution in [2.24, 2.45) is 0 Å². The maximum Gasteiger partial charge on any atom is 0.425 e. The van der Waals surface area contributed by atoms with Crippen molar-refractivity contribution in [2.75, 3.05) is 4.90 Å². The average Bonchev–Trinajstić information content (AvgIpc) is 3.34. The summed E-state index contributed by atoms with van der Waals surface area (Å²) in [7, 11) is -2.02. The molecule has 0 bridgehead atoms. The lowest BCUT2D eigenvalue weighted by Crippen LogP contribution is -2.45. The van der Waals surface area contributed by atoms with Gasteiger partial charge in [-0.25, -0.2) is 24.5 Å². The third kappa shape index (κ3) is 7.15. The molecule has 0 saturated carbocycles. The minimum Gasteiger partial charge on any atom is -0.443 e. The summed E-state index contributed by atoms with van der Waals surface area (Å²) < 4.78 is 26.0. The highest BCUT2D eigenvalue weighted by molar-refractivity contribution is 6.74. The fourth-order valence-electron chi connectivity index (χ4n) is 3.99. The van der Waals surface area contributed by atoms with Crippen LogP contribution in [0.4, 0.5) is 15.4 Å². The molecule has 0 aliphatic carbocycles. The first-order valence-corrected chi connectivity index (χ1v) is 16.4. The quantitative estimate of drug-likeness (QED) is 0.371. The number of nitrogens with zero attached hydrogens (tertiary/aromatic N) is 5. The predicted molar refractivity (Wildman–Crippen MR) is 151 cm³/mol. The van der Waals surface area contributed by atoms with Crippen LogP contribution in [-0.2, 0) is 18.6 Å². The van der Waals surface area contributed by atoms with E-state index < -0.39 is 31.7 Å². The van der Waals surface area contributed by atoms with Gasteiger partial charge in [-0.05, 0) is 66.1 Å². The molecule has 0 radical (unpaired) electrons. The topological polar surface area (TPSA) is 118 Å². The highest BCUT2D eigenvalue weighted by atomic mass is 28.4. The van der Waals surface area contributed by atoms with Gasteiger partial charge in [-0.1, -0.05) is 27.7 Å². The first kappa shape index (κ1) is 31.0. The van der Waals surface area contributed by atoms with Gasteiger partial charge in [0.15, 0.2) is 25.3 Å². The van der Waals surface area contributed by atoms with Crippen LogP contribution < -0.4 is 4.90 Å². The fraction of sp³-hybridized carbons (Fsp3) is 0.741. The van der Waals surface area contributed by atoms with Crippen LogP contribution >= 0.6 is 0 Å². The van der Waals surface area contributed by atoms with Crippen LogP contribution in [0, 0.1) is 0 Å². The molecular formula is C27H45N5O6Si. The van der Waals surface area contributed by atoms with Gasteiger partial charge in [0.25, 0.3) is 0 Å². The molecule has 2 aromatic heterocycles. The predicted octanol–water partition coefficient (Wildman–Crippen LogP) is 6.59. The largest absolute Gasteiger partial charge is 0.443 e. The van der Waals surface area contributed by atoms with Crippen molar-refractivity contribution >= 4 is 37.5 Å². The van der Waals surface area contributed by atoms with Crippen LogP contribution in [0.3, 0.4) is 0 Å². The van der Waals surface area contributed by atoms with E-state index in [1.165, 1.54) is 6.33 Å². The Labute approximate surface area is 232 Å². The summed E-state index contributed by atoms with van der Waals surface area (Å²) in [5, 5.41) is 0.0694. The Kier molecular flexibility index (Phi) is 8.55. The molecule has 11 nitrogen and oxygen atoms in total. The Morgan fingerprint density at radius 2 is 1.56 bits per heavy atom. The zero-order valence-corrected chi connectivity index (χ0v) is 26.5. The van der Waals surface area contributed by atoms with Crippen LogP contribution in [0.2, 0.25) is 18.1 Å². The molecule has 3 atom stereocenters. The number of hydrogen-bond acceptors (Lipinski definition) is 9. The highest BCUT2D eigenvalue weighted by Crippen LogP contribution is 2.42. The number of imide groups is 1. The molecule has 0 aromatic carbocycles. The molecular weight excluding hydrogens is 518 g/mol. The van der Waals surface area contributed by atoms with Crippen LogP contribution in [0.5, 0.6) is 0 Å². The number of rotatable bonds is 5. The standard InChI is InChI=1S/C27H45N5O6Si/c1-13-17-18(38-39(11,12)27(8,9)10)14-19(35-17)31-16-30-20-21(31)28-15-29-22(20)32(23(33)36-25(2,3)4)24(34)37-26(5,6)7/h15-19H,13-14H2,1-12H3/t17-,18?,19-/m1/s1. The highest BCUT2D eigenvalue weighted by Gasteiger charge is 2.45. The van der Waals surface area contributed by atoms with Gasteiger partial charge >= 0.3 is 12.2 Å². The molecule has 1 fully saturated rings. The number of hydrogen-bond donors (Lipinski definition) is 0. The second-order valence-corrected chi connectivity index (χ2v) is 18.3. The van der Waals surface area contributed by atoms with E-state index in [0.717, 1.165) is 11.3 Å². The molecule has 3 rings (SSSR count). The van der Waals surface area contributed by atoms with Crippen molar-refractivity contribution in [3.63, 3.8) is 0 Å². The summed E-state index contributed by atoms with van der Waals surface area (Å²) in [6.45, 7) is 23.5. The SMILES string of the molecule is CC[C@H]1O[C@@H](n2cnc3c(N(C(=O)OC(C)(C)C)C(=O)OC(C)(C)C)ncnc32)CC1O[Si](C)(C)C(C)(C)C. The number of carbonyl (C=O) groups excluding carboxylic acids is 2. The summed E-state index contributed by atoms with van der Waals surface area (Å²) >= 11 is 0. The van der Waals surface area contributed by atoms with Crippen molar-refractivity contribution < 1.29 is 28.2 Å². The van der Waals surface area contributed by atoms with Crippen molar-refractivity contribution in [2.45, 2.75) is 130 Å². The first-order valence-electron chi connectivity index (χ1n) is 13.5. The second-order valence-electron chi connectivity index (χ2n) is 13.5. The van der Waals surface area contributed by atoms with Crippen LogP contribution in [0.25, 0.3) is 11.2 Å². The fourth-order valence-corrected chi connectivity index (χ4v) is 5.35. The van der Waals surface area contributed by atoms with Crippen molar-refractivity contribution in [1.29, 1.82) is 0 Å². The van der Waals surface area contributed by atoms with Gasteiger partial charge in [-0.2, -0.15) is 4.90 Å². The lowest BCUT2D eigenvalue weighted by molar-refractivity contribution is -0.0162. The molecule has 3 heterocycles. The van der Waals surface area contributed by atoms with Crippen molar-refractivity contribution in [3.05, 3.63) is 12.7 Å². The zero-order chi connectivity index (χ0) is 29.6. The van der Waals surface area contributed by atoms with Gasteiger partial charge in [0.05, 0.1) is 18.5 Å². The summed E-state index contributed by atoms with van der Waals surface area (Å²) in [6, 6.07) is 0. The monoisotopic (exact) mass is 563 g/mol. The van der Waals surface area contributed by atoms with Crippen LogP contribution in [0.15, 0.2) is 12.7 Å². The molecule has 1 aliphatic heterocycles. The van der Waals surface area contributed by atoms with Crippen LogP contribution in [-0.4, -0.2) is 63.4 Å². The molecule has 2 aromatic rings. The van der Waals surface area contributed by atoms with Gasteiger partial charge in [0.2, 0.25) is 0 Å². The molecule has 12 heteroatoms. The molecule has 1 unspecified atom stereocenters. The number of carbonyl (C=O) groups is 2. The molecule has 1 aliphatic rings. The lowest BCUT2D eigenvalue weighted by atomic mass is 10.1. The molecule has 218 valence electrons. The molecule has 39 heavy (non-hydrogen) atoms. The number of imidazole rings is 1. The Hall–Kier alpha value is -2.57. The number of anilines is 1. The molecule has 2 amide bonds. The minimum absolute atomic E-state index is 0.0265. The van der Waals surface area contributed by atoms with E-state index in [0.29, 0.717) is 12.1 Å². The Bertz CT molecular complexity index is 1170. The van der Waals surface area contributed by atoms with E-state index in [1.807, 2.05) is 0 Å². The number of aromatic nitrogens is 4. The normalized spacial score (nSPS) is 20.8. The molecule has 1 saturated heterocycles. The third-order valence-corrected chi connectivity index (χ3v) is 11.4. The van der Waals surface area contributed by atoms with E-state index in [1.54, 1.807) is 52.4 Å². The summed E-state index contributed by atoms with van der Waals surface area (Å²) in [5.41, 5.74) is -1.03. The van der Waals surface area contributed by atoms with Crippen LogP contribution in [0.1, 0.15) is 88.3 Å². The van der Waals surface area contributed by atoms with E-state index in [4.69, 9.17) is 18.6 Å². The van der Waals surface area contributed by atoms with E-state index in [9.17, 15) is 9.59 Å². The maximum atomic E-state index is 13.2. The van der Waals surface area contributed by atoms with Gasteiger partial charge in [0.1, 0.15) is 23.8 Å². The lowest BCUT2D eigenvalue weighted by Gasteiger charge is -2.39. The first-order chi connectivity index (χ1) is 17.7. The summed E-state index contributed by atoms with van der Waals surface area (Å²) in [4.78, 5) is 40.4. The van der Waals surface area contributed by atoms with E-state index in [-0.39, 0.29) is 34.8 Å². The number of fused-ring (bicyclic) bond motifs is 1. The summed E-state index contributed by atoms with van der Waals surface area (Å²) in [5.74, 6) is -0.0265. The van der Waals surface area contributed by atoms with Gasteiger partial charge in [-0.15, -0.1) is 0 Å². The Morgan fingerprint density at radius 3 is 2.05 bits per heavy atom. The van der Waals surface area contributed by atoms with Crippen molar-refractivity contribution in [1.82, 2.24) is 19.5 Å². The van der Waals surface area contributed by atoms with E-state index in [2.05, 4.69) is 55.7 Å². The number of ether oxygens (including phenoxy) is 3. The zero-order valence-electron chi connectivity index (χ0n) is 25.5. The average molecular weight is 564 g/mol. The number of amides is 2. The van der Waals surface area contributed by atoms with Crippen molar-refractivity contribution in [3.8, 4) is 0 Å². The van der Waals surface area contributed by atoms with E-state index >= 15 is 0 Å². The summed E-state index contributed by atoms with van der Waals surface area (Å²) in [6.07, 6.45) is 1.93. The van der Waals surface area contributed by atoms with Gasteiger partial charge in [0, 0.05) is 6.42 Å². The smallest absolute Gasteiger partial charge is 0.425 e. The Morgan fingerprint density at radius 1 is 1.00 bits per heavy atom. The second kappa shape index (κ2) is 10.8.